The maximum Gasteiger partial charge on any atom is 0.342 e. The van der Waals surface area contributed by atoms with Crippen molar-refractivity contribution in [2.24, 2.45) is 5.92 Å². The van der Waals surface area contributed by atoms with Gasteiger partial charge >= 0.3 is 6.03 Å². The van der Waals surface area contributed by atoms with Gasteiger partial charge in [-0.1, -0.05) is 44.5 Å². The molecule has 1 aliphatic rings. The highest BCUT2D eigenvalue weighted by Crippen LogP contribution is 2.39. The first-order valence-electron chi connectivity index (χ1n) is 11.4. The van der Waals surface area contributed by atoms with Crippen molar-refractivity contribution in [1.29, 1.82) is 0 Å². The lowest BCUT2D eigenvalue weighted by atomic mass is 9.82. The second-order valence-electron chi connectivity index (χ2n) is 8.96. The number of benzene rings is 2. The topological polar surface area (TPSA) is 96.3 Å². The SMILES string of the molecule is Cc1ccccc1CNC(=O)n1nc(-c2ccc(NC(=O)C(C)C)cc2O)cc1C1CCC1. The minimum atomic E-state index is -0.285. The minimum absolute atomic E-state index is 0.00156. The van der Waals surface area contributed by atoms with Gasteiger partial charge in [0.05, 0.1) is 11.4 Å². The standard InChI is InChI=1S/C26H30N4O3/c1-16(2)25(32)28-20-11-12-21(24(31)13-20)22-14-23(18-9-6-10-18)30(29-22)26(33)27-15-19-8-5-4-7-17(19)3/h4-5,7-8,11-14,16,18,31H,6,9-10,15H2,1-3H3,(H,27,33)(H,28,32). The Bertz CT molecular complexity index is 1180. The third-order valence-electron chi connectivity index (χ3n) is 6.21. The summed E-state index contributed by atoms with van der Waals surface area (Å²) in [6.45, 7) is 6.05. The van der Waals surface area contributed by atoms with Crippen LogP contribution in [0, 0.1) is 12.8 Å². The van der Waals surface area contributed by atoms with Crippen LogP contribution in [0.1, 0.15) is 55.8 Å². The molecule has 0 radical (unpaired) electrons. The Morgan fingerprint density at radius 2 is 1.91 bits per heavy atom. The zero-order valence-electron chi connectivity index (χ0n) is 19.3. The maximum atomic E-state index is 13.0. The number of carbonyl (C=O) groups excluding carboxylic acids is 2. The van der Waals surface area contributed by atoms with Crippen molar-refractivity contribution < 1.29 is 14.7 Å². The fraction of sp³-hybridized carbons (Fsp3) is 0.346. The van der Waals surface area contributed by atoms with Crippen LogP contribution in [-0.2, 0) is 11.3 Å². The molecule has 2 aromatic carbocycles. The number of nitrogens with zero attached hydrogens (tertiary/aromatic N) is 2. The first-order chi connectivity index (χ1) is 15.8. The summed E-state index contributed by atoms with van der Waals surface area (Å²) in [7, 11) is 0. The van der Waals surface area contributed by atoms with E-state index in [1.807, 2.05) is 51.1 Å². The first kappa shape index (κ1) is 22.6. The van der Waals surface area contributed by atoms with E-state index in [1.54, 1.807) is 12.1 Å². The Labute approximate surface area is 193 Å². The molecule has 33 heavy (non-hydrogen) atoms. The molecular weight excluding hydrogens is 416 g/mol. The zero-order valence-corrected chi connectivity index (χ0v) is 19.3. The Kier molecular flexibility index (Phi) is 6.49. The summed E-state index contributed by atoms with van der Waals surface area (Å²) >= 11 is 0. The molecule has 1 saturated carbocycles. The molecule has 2 amide bonds. The summed E-state index contributed by atoms with van der Waals surface area (Å²) in [5, 5.41) is 20.9. The van der Waals surface area contributed by atoms with Gasteiger partial charge in [0.25, 0.3) is 0 Å². The number of amides is 2. The zero-order chi connectivity index (χ0) is 23.5. The number of carbonyl (C=O) groups is 2. The molecular formula is C26H30N4O3. The molecule has 0 atom stereocenters. The number of aromatic nitrogens is 2. The number of anilines is 1. The Morgan fingerprint density at radius 1 is 1.15 bits per heavy atom. The molecule has 1 heterocycles. The van der Waals surface area contributed by atoms with Gasteiger partial charge in [0.15, 0.2) is 0 Å². The fourth-order valence-electron chi connectivity index (χ4n) is 3.85. The summed E-state index contributed by atoms with van der Waals surface area (Å²) < 4.78 is 1.44. The van der Waals surface area contributed by atoms with E-state index < -0.39 is 0 Å². The highest BCUT2D eigenvalue weighted by Gasteiger charge is 2.27. The highest BCUT2D eigenvalue weighted by atomic mass is 16.3. The predicted octanol–water partition coefficient (Wildman–Crippen LogP) is 5.18. The lowest BCUT2D eigenvalue weighted by Gasteiger charge is -2.25. The maximum absolute atomic E-state index is 13.0. The van der Waals surface area contributed by atoms with Crippen LogP contribution in [0.3, 0.4) is 0 Å². The van der Waals surface area contributed by atoms with Crippen molar-refractivity contribution in [2.45, 2.75) is 52.5 Å². The van der Waals surface area contributed by atoms with Crippen molar-refractivity contribution >= 4 is 17.6 Å². The molecule has 0 aliphatic heterocycles. The summed E-state index contributed by atoms with van der Waals surface area (Å²) in [6, 6.07) is 14.5. The number of aryl methyl sites for hydroxylation is 1. The quantitative estimate of drug-likeness (QED) is 0.486. The minimum Gasteiger partial charge on any atom is -0.507 e. The normalized spacial score (nSPS) is 13.6. The monoisotopic (exact) mass is 446 g/mol. The van der Waals surface area contributed by atoms with E-state index in [9.17, 15) is 14.7 Å². The molecule has 0 spiro atoms. The van der Waals surface area contributed by atoms with E-state index in [0.717, 1.165) is 36.1 Å². The van der Waals surface area contributed by atoms with Crippen LogP contribution in [0.15, 0.2) is 48.5 Å². The number of nitrogens with one attached hydrogen (secondary N) is 2. The van der Waals surface area contributed by atoms with Crippen molar-refractivity contribution in [2.75, 3.05) is 5.32 Å². The third kappa shape index (κ3) is 4.92. The smallest absolute Gasteiger partial charge is 0.342 e. The predicted molar refractivity (Wildman–Crippen MR) is 128 cm³/mol. The van der Waals surface area contributed by atoms with Crippen molar-refractivity contribution in [3.05, 3.63) is 65.4 Å². The van der Waals surface area contributed by atoms with Crippen LogP contribution in [0.5, 0.6) is 5.75 Å². The molecule has 4 rings (SSSR count). The summed E-state index contributed by atoms with van der Waals surface area (Å²) in [6.07, 6.45) is 3.16. The average Bonchev–Trinajstić information content (AvgIpc) is 3.16. The van der Waals surface area contributed by atoms with Gasteiger partial charge in [-0.3, -0.25) is 4.79 Å². The van der Waals surface area contributed by atoms with Gasteiger partial charge in [-0.25, -0.2) is 4.79 Å². The highest BCUT2D eigenvalue weighted by molar-refractivity contribution is 5.92. The fourth-order valence-corrected chi connectivity index (χ4v) is 3.85. The third-order valence-corrected chi connectivity index (χ3v) is 6.21. The van der Waals surface area contributed by atoms with Crippen LogP contribution in [-0.4, -0.2) is 26.8 Å². The van der Waals surface area contributed by atoms with Crippen LogP contribution in [0.2, 0.25) is 0 Å². The van der Waals surface area contributed by atoms with Gasteiger partial charge in [0.1, 0.15) is 5.75 Å². The van der Waals surface area contributed by atoms with Gasteiger partial charge in [0, 0.05) is 35.7 Å². The van der Waals surface area contributed by atoms with Gasteiger partial charge in [-0.2, -0.15) is 9.78 Å². The van der Waals surface area contributed by atoms with E-state index >= 15 is 0 Å². The number of rotatable bonds is 6. The van der Waals surface area contributed by atoms with Gasteiger partial charge in [-0.15, -0.1) is 0 Å². The van der Waals surface area contributed by atoms with E-state index in [2.05, 4.69) is 15.7 Å². The molecule has 1 fully saturated rings. The van der Waals surface area contributed by atoms with Crippen LogP contribution < -0.4 is 10.6 Å². The Morgan fingerprint density at radius 3 is 2.55 bits per heavy atom. The van der Waals surface area contributed by atoms with E-state index in [1.165, 1.54) is 10.7 Å². The average molecular weight is 447 g/mol. The second-order valence-corrected chi connectivity index (χ2v) is 8.96. The first-order valence-corrected chi connectivity index (χ1v) is 11.4. The van der Waals surface area contributed by atoms with Crippen molar-refractivity contribution in [3.8, 4) is 17.0 Å². The van der Waals surface area contributed by atoms with Crippen LogP contribution >= 0.6 is 0 Å². The number of hydrogen-bond donors (Lipinski definition) is 3. The van der Waals surface area contributed by atoms with Crippen LogP contribution in [0.4, 0.5) is 10.5 Å². The molecule has 0 unspecified atom stereocenters. The van der Waals surface area contributed by atoms with Gasteiger partial charge < -0.3 is 15.7 Å². The Hall–Kier alpha value is -3.61. The Balaban J connectivity index is 1.58. The molecule has 0 bridgehead atoms. The van der Waals surface area contributed by atoms with Crippen molar-refractivity contribution in [3.63, 3.8) is 0 Å². The number of phenolic OH excluding ortho intramolecular Hbond substituents is 1. The molecule has 3 N–H and O–H groups in total. The molecule has 0 saturated heterocycles. The largest absolute Gasteiger partial charge is 0.507 e. The molecule has 1 aliphatic carbocycles. The molecule has 1 aromatic heterocycles. The number of hydrogen-bond acceptors (Lipinski definition) is 4. The molecule has 7 heteroatoms. The van der Waals surface area contributed by atoms with Crippen LogP contribution in [0.25, 0.3) is 11.3 Å². The lowest BCUT2D eigenvalue weighted by Crippen LogP contribution is -2.31. The molecule has 7 nitrogen and oxygen atoms in total. The van der Waals surface area contributed by atoms with Gasteiger partial charge in [-0.05, 0) is 49.1 Å². The van der Waals surface area contributed by atoms with Crippen molar-refractivity contribution in [1.82, 2.24) is 15.1 Å². The van der Waals surface area contributed by atoms with E-state index in [0.29, 0.717) is 23.5 Å². The molecule has 172 valence electrons. The second kappa shape index (κ2) is 9.48. The number of aromatic hydroxyl groups is 1. The summed E-state index contributed by atoms with van der Waals surface area (Å²) in [5.41, 5.74) is 4.60. The lowest BCUT2D eigenvalue weighted by molar-refractivity contribution is -0.118. The molecule has 3 aromatic rings. The summed E-state index contributed by atoms with van der Waals surface area (Å²) in [5.74, 6) is -0.00125. The van der Waals surface area contributed by atoms with E-state index in [-0.39, 0.29) is 29.5 Å². The summed E-state index contributed by atoms with van der Waals surface area (Å²) in [4.78, 5) is 25.0. The van der Waals surface area contributed by atoms with E-state index in [4.69, 9.17) is 0 Å². The number of phenols is 1. The van der Waals surface area contributed by atoms with Gasteiger partial charge in [0.2, 0.25) is 5.91 Å².